The molecule has 5 nitrogen and oxygen atoms in total. The van der Waals surface area contributed by atoms with Gasteiger partial charge in [-0.05, 0) is 26.2 Å². The zero-order valence-electron chi connectivity index (χ0n) is 10.7. The highest BCUT2D eigenvalue weighted by molar-refractivity contribution is 5.62. The van der Waals surface area contributed by atoms with E-state index in [0.717, 1.165) is 50.5 Å². The minimum absolute atomic E-state index is 0.402. The Bertz CT molecular complexity index is 344. The van der Waals surface area contributed by atoms with Crippen LogP contribution in [0.1, 0.15) is 26.2 Å². The van der Waals surface area contributed by atoms with E-state index >= 15 is 0 Å². The largest absolute Gasteiger partial charge is 0.394 e. The second-order valence-corrected chi connectivity index (χ2v) is 4.54. The Balaban J connectivity index is 2.04. The van der Waals surface area contributed by atoms with Gasteiger partial charge >= 0.3 is 0 Å². The third kappa shape index (κ3) is 2.72. The first-order valence-electron chi connectivity index (χ1n) is 6.36. The van der Waals surface area contributed by atoms with Crippen LogP contribution in [-0.4, -0.2) is 35.6 Å². The van der Waals surface area contributed by atoms with E-state index in [0.29, 0.717) is 6.10 Å². The van der Waals surface area contributed by atoms with Crippen LogP contribution in [-0.2, 0) is 11.8 Å². The van der Waals surface area contributed by atoms with Crippen molar-refractivity contribution in [2.45, 2.75) is 32.3 Å². The summed E-state index contributed by atoms with van der Waals surface area (Å²) in [4.78, 5) is 2.32. The lowest BCUT2D eigenvalue weighted by molar-refractivity contribution is 0.0550. The fourth-order valence-corrected chi connectivity index (χ4v) is 2.52. The number of hydrogen-bond acceptors (Lipinski definition) is 4. The van der Waals surface area contributed by atoms with E-state index in [4.69, 9.17) is 10.5 Å². The van der Waals surface area contributed by atoms with Crippen molar-refractivity contribution in [2.24, 2.45) is 7.05 Å². The second-order valence-electron chi connectivity index (χ2n) is 4.54. The number of rotatable bonds is 3. The molecule has 0 amide bonds. The fourth-order valence-electron chi connectivity index (χ4n) is 2.52. The van der Waals surface area contributed by atoms with E-state index in [9.17, 15) is 0 Å². The van der Waals surface area contributed by atoms with Crippen LogP contribution in [0.4, 0.5) is 11.5 Å². The SMILES string of the molecule is CCOC1CCCN(c2c(N)cnn2C)CC1. The Morgan fingerprint density at radius 2 is 2.29 bits per heavy atom. The van der Waals surface area contributed by atoms with Crippen molar-refractivity contribution in [1.29, 1.82) is 0 Å². The van der Waals surface area contributed by atoms with E-state index in [1.807, 2.05) is 11.7 Å². The summed E-state index contributed by atoms with van der Waals surface area (Å²) in [7, 11) is 1.94. The molecule has 1 aliphatic heterocycles. The molecule has 0 aliphatic carbocycles. The standard InChI is InChI=1S/C12H22N4O/c1-3-17-10-5-4-7-16(8-6-10)12-11(13)9-14-15(12)2/h9-10H,3-8,13H2,1-2H3. The topological polar surface area (TPSA) is 56.3 Å². The Morgan fingerprint density at radius 1 is 1.47 bits per heavy atom. The molecule has 1 unspecified atom stereocenters. The number of aromatic nitrogens is 2. The number of nitrogen functional groups attached to an aromatic ring is 1. The first-order valence-corrected chi connectivity index (χ1v) is 6.36. The van der Waals surface area contributed by atoms with Crippen molar-refractivity contribution in [3.05, 3.63) is 6.20 Å². The van der Waals surface area contributed by atoms with Crippen molar-refractivity contribution in [1.82, 2.24) is 9.78 Å². The molecule has 2 rings (SSSR count). The Hall–Kier alpha value is -1.23. The van der Waals surface area contributed by atoms with Gasteiger partial charge < -0.3 is 15.4 Å². The van der Waals surface area contributed by atoms with Gasteiger partial charge in [0.15, 0.2) is 0 Å². The van der Waals surface area contributed by atoms with Gasteiger partial charge in [0.1, 0.15) is 5.82 Å². The second kappa shape index (κ2) is 5.40. The van der Waals surface area contributed by atoms with Gasteiger partial charge in [0.05, 0.1) is 18.0 Å². The maximum Gasteiger partial charge on any atom is 0.150 e. The Kier molecular flexibility index (Phi) is 3.89. The zero-order valence-corrected chi connectivity index (χ0v) is 10.7. The maximum atomic E-state index is 5.96. The highest BCUT2D eigenvalue weighted by atomic mass is 16.5. The molecule has 96 valence electrons. The average molecular weight is 238 g/mol. The predicted molar refractivity (Wildman–Crippen MR) is 69.1 cm³/mol. The lowest BCUT2D eigenvalue weighted by Crippen LogP contribution is -2.27. The van der Waals surface area contributed by atoms with Crippen LogP contribution in [0, 0.1) is 0 Å². The minimum atomic E-state index is 0.402. The lowest BCUT2D eigenvalue weighted by atomic mass is 10.2. The van der Waals surface area contributed by atoms with Crippen molar-refractivity contribution >= 4 is 11.5 Å². The number of ether oxygens (including phenoxy) is 1. The molecule has 1 saturated heterocycles. The summed E-state index contributed by atoms with van der Waals surface area (Å²) in [6.07, 6.45) is 5.48. The average Bonchev–Trinajstić information content (AvgIpc) is 2.53. The summed E-state index contributed by atoms with van der Waals surface area (Å²) >= 11 is 0. The van der Waals surface area contributed by atoms with Crippen molar-refractivity contribution in [3.63, 3.8) is 0 Å². The van der Waals surface area contributed by atoms with E-state index in [1.54, 1.807) is 6.20 Å². The first-order chi connectivity index (χ1) is 8.22. The molecule has 0 spiro atoms. The minimum Gasteiger partial charge on any atom is -0.394 e. The highest BCUT2D eigenvalue weighted by Crippen LogP contribution is 2.25. The molecule has 0 radical (unpaired) electrons. The van der Waals surface area contributed by atoms with Crippen LogP contribution < -0.4 is 10.6 Å². The molecule has 1 fully saturated rings. The monoisotopic (exact) mass is 238 g/mol. The molecule has 5 heteroatoms. The van der Waals surface area contributed by atoms with E-state index in [2.05, 4.69) is 16.9 Å². The number of aryl methyl sites for hydroxylation is 1. The molecule has 2 N–H and O–H groups in total. The van der Waals surface area contributed by atoms with Crippen LogP contribution >= 0.6 is 0 Å². The maximum absolute atomic E-state index is 5.96. The molecule has 0 saturated carbocycles. The predicted octanol–water partition coefficient (Wildman–Crippen LogP) is 1.40. The molecule has 1 atom stereocenters. The highest BCUT2D eigenvalue weighted by Gasteiger charge is 2.20. The summed E-state index contributed by atoms with van der Waals surface area (Å²) in [5.41, 5.74) is 6.73. The molecule has 0 aromatic carbocycles. The van der Waals surface area contributed by atoms with Gasteiger partial charge in [0.25, 0.3) is 0 Å². The van der Waals surface area contributed by atoms with Crippen LogP contribution in [0.3, 0.4) is 0 Å². The number of nitrogens with two attached hydrogens (primary N) is 1. The number of nitrogens with zero attached hydrogens (tertiary/aromatic N) is 3. The molecule has 0 bridgehead atoms. The van der Waals surface area contributed by atoms with Gasteiger partial charge in [-0.1, -0.05) is 0 Å². The molecular formula is C12H22N4O. The molecular weight excluding hydrogens is 216 g/mol. The summed E-state index contributed by atoms with van der Waals surface area (Å²) in [6.45, 7) is 4.89. The smallest absolute Gasteiger partial charge is 0.150 e. The van der Waals surface area contributed by atoms with Crippen molar-refractivity contribution < 1.29 is 4.74 Å². The van der Waals surface area contributed by atoms with Gasteiger partial charge in [-0.25, -0.2) is 0 Å². The van der Waals surface area contributed by atoms with Gasteiger partial charge in [-0.3, -0.25) is 4.68 Å². The third-order valence-corrected chi connectivity index (χ3v) is 3.31. The molecule has 2 heterocycles. The Labute approximate surface area is 103 Å². The summed E-state index contributed by atoms with van der Waals surface area (Å²) < 4.78 is 7.57. The van der Waals surface area contributed by atoms with Gasteiger partial charge in [-0.15, -0.1) is 0 Å². The van der Waals surface area contributed by atoms with Crippen LogP contribution in [0.15, 0.2) is 6.20 Å². The van der Waals surface area contributed by atoms with Crippen LogP contribution in [0.5, 0.6) is 0 Å². The Morgan fingerprint density at radius 3 is 2.94 bits per heavy atom. The van der Waals surface area contributed by atoms with Crippen molar-refractivity contribution in [3.8, 4) is 0 Å². The van der Waals surface area contributed by atoms with Crippen molar-refractivity contribution in [2.75, 3.05) is 30.3 Å². The summed E-state index contributed by atoms with van der Waals surface area (Å²) in [5.74, 6) is 1.04. The summed E-state index contributed by atoms with van der Waals surface area (Å²) in [6, 6.07) is 0. The molecule has 1 aromatic heterocycles. The van der Waals surface area contributed by atoms with Gasteiger partial charge in [0, 0.05) is 26.7 Å². The van der Waals surface area contributed by atoms with E-state index in [-0.39, 0.29) is 0 Å². The first kappa shape index (κ1) is 12.2. The van der Waals surface area contributed by atoms with E-state index in [1.165, 1.54) is 0 Å². The van der Waals surface area contributed by atoms with E-state index < -0.39 is 0 Å². The summed E-state index contributed by atoms with van der Waals surface area (Å²) in [5, 5.41) is 4.20. The number of hydrogen-bond donors (Lipinski definition) is 1. The third-order valence-electron chi connectivity index (χ3n) is 3.31. The fraction of sp³-hybridized carbons (Fsp3) is 0.750. The van der Waals surface area contributed by atoms with Gasteiger partial charge in [0.2, 0.25) is 0 Å². The zero-order chi connectivity index (χ0) is 12.3. The normalized spacial score (nSPS) is 21.5. The lowest BCUT2D eigenvalue weighted by Gasteiger charge is -2.23. The van der Waals surface area contributed by atoms with Crippen LogP contribution in [0.25, 0.3) is 0 Å². The molecule has 1 aliphatic rings. The van der Waals surface area contributed by atoms with Gasteiger partial charge in [-0.2, -0.15) is 5.10 Å². The number of anilines is 2. The quantitative estimate of drug-likeness (QED) is 0.864. The molecule has 1 aromatic rings. The molecule has 17 heavy (non-hydrogen) atoms. The van der Waals surface area contributed by atoms with Crippen LogP contribution in [0.2, 0.25) is 0 Å².